The van der Waals surface area contributed by atoms with E-state index in [0.717, 1.165) is 44.1 Å². The molecule has 0 aliphatic carbocycles. The number of fused-ring (bicyclic) bond motifs is 2. The fraction of sp³-hybridized carbons (Fsp3) is 0.483. The third-order valence-corrected chi connectivity index (χ3v) is 7.52. The highest BCUT2D eigenvalue weighted by atomic mass is 16.5. The smallest absolute Gasteiger partial charge is 0.306 e. The topological polar surface area (TPSA) is 87.7 Å². The Morgan fingerprint density at radius 1 is 0.944 bits per heavy atom. The summed E-state index contributed by atoms with van der Waals surface area (Å²) in [4.78, 5) is 40.4. The van der Waals surface area contributed by atoms with Gasteiger partial charge in [0.1, 0.15) is 6.61 Å². The lowest BCUT2D eigenvalue weighted by Crippen LogP contribution is -2.59. The van der Waals surface area contributed by atoms with E-state index in [4.69, 9.17) is 4.74 Å². The van der Waals surface area contributed by atoms with Crippen LogP contribution in [0.4, 0.5) is 0 Å². The Bertz CT molecular complexity index is 1010. The number of esters is 1. The molecule has 3 unspecified atom stereocenters. The summed E-state index contributed by atoms with van der Waals surface area (Å²) in [6.07, 6.45) is 5.57. The molecule has 4 atom stereocenters. The van der Waals surface area contributed by atoms with Crippen molar-refractivity contribution in [3.8, 4) is 0 Å². The number of hydrogen-bond donors (Lipinski definition) is 2. The Morgan fingerprint density at radius 3 is 2.42 bits per heavy atom. The molecule has 2 N–H and O–H groups in total. The molecule has 2 aromatic carbocycles. The zero-order chi connectivity index (χ0) is 25.3. The minimum atomic E-state index is -0.269. The Morgan fingerprint density at radius 2 is 1.67 bits per heavy atom. The number of benzene rings is 2. The molecule has 2 aliphatic heterocycles. The maximum Gasteiger partial charge on any atom is 0.306 e. The highest BCUT2D eigenvalue weighted by Gasteiger charge is 2.49. The van der Waals surface area contributed by atoms with Crippen LogP contribution in [0.5, 0.6) is 0 Å². The molecular weight excluding hydrogens is 454 g/mol. The van der Waals surface area contributed by atoms with E-state index in [1.165, 1.54) is 0 Å². The van der Waals surface area contributed by atoms with Gasteiger partial charge in [0.2, 0.25) is 5.91 Å². The average Bonchev–Trinajstić information content (AvgIpc) is 3.13. The van der Waals surface area contributed by atoms with Gasteiger partial charge in [0.05, 0.1) is 5.92 Å². The second-order valence-electron chi connectivity index (χ2n) is 9.92. The van der Waals surface area contributed by atoms with Crippen molar-refractivity contribution in [3.05, 3.63) is 71.8 Å². The minimum absolute atomic E-state index is 0.00725. The van der Waals surface area contributed by atoms with Crippen molar-refractivity contribution in [1.29, 1.82) is 0 Å². The first-order chi connectivity index (χ1) is 17.5. The van der Waals surface area contributed by atoms with Crippen LogP contribution in [0.25, 0.3) is 0 Å². The van der Waals surface area contributed by atoms with Gasteiger partial charge in [-0.2, -0.15) is 0 Å². The molecule has 2 amide bonds. The SMILES string of the molecule is CN1C2CC[C@@H]1C(C(=O)NCCCCCC(=O)OCc1ccccc1)C(NC(=O)c1ccccc1)C2. The first-order valence-electron chi connectivity index (χ1n) is 13.1. The van der Waals surface area contributed by atoms with Crippen LogP contribution in [0.1, 0.15) is 60.9 Å². The van der Waals surface area contributed by atoms with Gasteiger partial charge in [-0.05, 0) is 56.8 Å². The van der Waals surface area contributed by atoms with E-state index in [1.807, 2.05) is 48.5 Å². The molecule has 2 heterocycles. The Kier molecular flexibility index (Phi) is 9.11. The van der Waals surface area contributed by atoms with Crippen LogP contribution in [0, 0.1) is 5.92 Å². The van der Waals surface area contributed by atoms with Gasteiger partial charge in [0.15, 0.2) is 0 Å². The standard InChI is InChI=1S/C29H37N3O4/c1-32-23-16-17-25(32)27(24(19-23)31-28(34)22-13-7-3-8-14-22)29(35)30-18-10-4-9-15-26(33)36-20-21-11-5-2-6-12-21/h2-3,5-8,11-14,23-25,27H,4,9-10,15-20H2,1H3,(H,30,35)(H,31,34)/t23?,24?,25-,27?/m1/s1. The normalized spacial score (nSPS) is 23.1. The van der Waals surface area contributed by atoms with E-state index < -0.39 is 0 Å². The minimum Gasteiger partial charge on any atom is -0.461 e. The van der Waals surface area contributed by atoms with Crippen molar-refractivity contribution in [2.75, 3.05) is 13.6 Å². The third kappa shape index (κ3) is 6.72. The van der Waals surface area contributed by atoms with Crippen LogP contribution in [0.3, 0.4) is 0 Å². The average molecular weight is 492 g/mol. The summed E-state index contributed by atoms with van der Waals surface area (Å²) >= 11 is 0. The number of ether oxygens (including phenoxy) is 1. The summed E-state index contributed by atoms with van der Waals surface area (Å²) in [7, 11) is 2.09. The molecule has 2 aromatic rings. The fourth-order valence-electron chi connectivity index (χ4n) is 5.52. The van der Waals surface area contributed by atoms with Gasteiger partial charge in [-0.15, -0.1) is 0 Å². The summed E-state index contributed by atoms with van der Waals surface area (Å²) in [6.45, 7) is 0.864. The summed E-state index contributed by atoms with van der Waals surface area (Å²) in [6, 6.07) is 19.2. The number of rotatable bonds is 11. The summed E-state index contributed by atoms with van der Waals surface area (Å²) in [5, 5.41) is 6.26. The number of carbonyl (C=O) groups excluding carboxylic acids is 3. The Balaban J connectivity index is 1.20. The Labute approximate surface area is 213 Å². The van der Waals surface area contributed by atoms with E-state index in [0.29, 0.717) is 31.2 Å². The molecule has 0 spiro atoms. The van der Waals surface area contributed by atoms with Crippen molar-refractivity contribution in [3.63, 3.8) is 0 Å². The third-order valence-electron chi connectivity index (χ3n) is 7.52. The molecule has 2 aliphatic rings. The van der Waals surface area contributed by atoms with Gasteiger partial charge in [-0.3, -0.25) is 19.3 Å². The fourth-order valence-corrected chi connectivity index (χ4v) is 5.52. The summed E-state index contributed by atoms with van der Waals surface area (Å²) in [5.74, 6) is -0.579. The van der Waals surface area contributed by atoms with Gasteiger partial charge in [-0.25, -0.2) is 0 Å². The van der Waals surface area contributed by atoms with Gasteiger partial charge in [-0.1, -0.05) is 55.0 Å². The second-order valence-corrected chi connectivity index (χ2v) is 9.92. The molecule has 2 fully saturated rings. The quantitative estimate of drug-likeness (QED) is 0.370. The molecule has 2 bridgehead atoms. The number of hydrogen-bond acceptors (Lipinski definition) is 5. The molecule has 2 saturated heterocycles. The molecule has 36 heavy (non-hydrogen) atoms. The lowest BCUT2D eigenvalue weighted by Gasteiger charge is -2.42. The summed E-state index contributed by atoms with van der Waals surface area (Å²) in [5.41, 5.74) is 1.60. The van der Waals surface area contributed by atoms with Crippen LogP contribution in [0.15, 0.2) is 60.7 Å². The maximum atomic E-state index is 13.3. The van der Waals surface area contributed by atoms with E-state index in [1.54, 1.807) is 12.1 Å². The van der Waals surface area contributed by atoms with Crippen molar-refractivity contribution in [1.82, 2.24) is 15.5 Å². The number of nitrogens with zero attached hydrogens (tertiary/aromatic N) is 1. The predicted molar refractivity (Wildman–Crippen MR) is 138 cm³/mol. The second kappa shape index (κ2) is 12.7. The number of carbonyl (C=O) groups is 3. The van der Waals surface area contributed by atoms with Crippen LogP contribution in [-0.2, 0) is 20.9 Å². The highest BCUT2D eigenvalue weighted by molar-refractivity contribution is 5.95. The number of amides is 2. The molecule has 4 rings (SSSR count). The first kappa shape index (κ1) is 25.9. The van der Waals surface area contributed by atoms with Crippen LogP contribution in [-0.4, -0.2) is 54.4 Å². The molecule has 0 aromatic heterocycles. The van der Waals surface area contributed by atoms with Gasteiger partial charge in [0, 0.05) is 36.7 Å². The van der Waals surface area contributed by atoms with Gasteiger partial charge < -0.3 is 15.4 Å². The first-order valence-corrected chi connectivity index (χ1v) is 13.1. The Hall–Kier alpha value is -3.19. The lowest BCUT2D eigenvalue weighted by molar-refractivity contribution is -0.145. The molecule has 7 heteroatoms. The van der Waals surface area contributed by atoms with Crippen LogP contribution in [0.2, 0.25) is 0 Å². The largest absolute Gasteiger partial charge is 0.461 e. The molecule has 7 nitrogen and oxygen atoms in total. The number of piperidine rings is 1. The van der Waals surface area contributed by atoms with Crippen LogP contribution >= 0.6 is 0 Å². The zero-order valence-electron chi connectivity index (χ0n) is 21.0. The maximum absolute atomic E-state index is 13.3. The number of unbranched alkanes of at least 4 members (excludes halogenated alkanes) is 2. The van der Waals surface area contributed by atoms with Crippen LogP contribution < -0.4 is 10.6 Å². The predicted octanol–water partition coefficient (Wildman–Crippen LogP) is 3.69. The lowest BCUT2D eigenvalue weighted by atomic mass is 9.84. The molecule has 0 radical (unpaired) electrons. The van der Waals surface area contributed by atoms with E-state index in [-0.39, 0.29) is 35.8 Å². The van der Waals surface area contributed by atoms with E-state index in [9.17, 15) is 14.4 Å². The highest BCUT2D eigenvalue weighted by Crippen LogP contribution is 2.38. The van der Waals surface area contributed by atoms with Crippen molar-refractivity contribution >= 4 is 17.8 Å². The number of nitrogens with one attached hydrogen (secondary N) is 2. The van der Waals surface area contributed by atoms with Crippen molar-refractivity contribution in [2.24, 2.45) is 5.92 Å². The molecule has 192 valence electrons. The van der Waals surface area contributed by atoms with Gasteiger partial charge in [0.25, 0.3) is 5.91 Å². The van der Waals surface area contributed by atoms with E-state index >= 15 is 0 Å². The monoisotopic (exact) mass is 491 g/mol. The zero-order valence-corrected chi connectivity index (χ0v) is 21.0. The van der Waals surface area contributed by atoms with E-state index in [2.05, 4.69) is 22.6 Å². The summed E-state index contributed by atoms with van der Waals surface area (Å²) < 4.78 is 5.32. The van der Waals surface area contributed by atoms with Crippen molar-refractivity contribution < 1.29 is 19.1 Å². The van der Waals surface area contributed by atoms with Crippen molar-refractivity contribution in [2.45, 2.75) is 69.7 Å². The molecule has 0 saturated carbocycles. The van der Waals surface area contributed by atoms with Gasteiger partial charge >= 0.3 is 5.97 Å². The molecular formula is C29H37N3O4.